The number of thioether (sulfide) groups is 1. The lowest BCUT2D eigenvalue weighted by Crippen LogP contribution is -2.46. The van der Waals surface area contributed by atoms with Gasteiger partial charge in [0.1, 0.15) is 5.54 Å². The van der Waals surface area contributed by atoms with Crippen LogP contribution < -0.4 is 4.72 Å². The third-order valence-electron chi connectivity index (χ3n) is 2.40. The highest BCUT2D eigenvalue weighted by molar-refractivity contribution is 7.99. The molecule has 1 spiro atoms. The molecule has 2 aliphatic rings. The zero-order valence-electron chi connectivity index (χ0n) is 7.11. The number of rotatable bonds is 0. The highest BCUT2D eigenvalue weighted by Gasteiger charge is 2.54. The van der Waals surface area contributed by atoms with Crippen molar-refractivity contribution in [1.82, 2.24) is 9.03 Å². The van der Waals surface area contributed by atoms with Crippen molar-refractivity contribution in [3.05, 3.63) is 0 Å². The van der Waals surface area contributed by atoms with Crippen LogP contribution in [0.3, 0.4) is 0 Å². The molecule has 0 bridgehead atoms. The van der Waals surface area contributed by atoms with Gasteiger partial charge in [-0.3, -0.25) is 4.79 Å². The molecule has 0 aromatic rings. The van der Waals surface area contributed by atoms with E-state index in [0.29, 0.717) is 12.2 Å². The van der Waals surface area contributed by atoms with E-state index in [9.17, 15) is 13.2 Å². The van der Waals surface area contributed by atoms with Gasteiger partial charge in [-0.1, -0.05) is 0 Å². The minimum absolute atomic E-state index is 0.322. The molecule has 1 atom stereocenters. The van der Waals surface area contributed by atoms with E-state index in [1.807, 2.05) is 0 Å². The molecule has 5 nitrogen and oxygen atoms in total. The lowest BCUT2D eigenvalue weighted by atomic mass is 10.00. The van der Waals surface area contributed by atoms with Crippen molar-refractivity contribution in [2.75, 3.05) is 18.6 Å². The first-order chi connectivity index (χ1) is 5.98. The SMILES string of the molecule is CN1C(=O)C2(CCSC2)NS1(=O)=O. The van der Waals surface area contributed by atoms with E-state index in [1.54, 1.807) is 11.8 Å². The summed E-state index contributed by atoms with van der Waals surface area (Å²) in [5, 5.41) is 0. The van der Waals surface area contributed by atoms with Crippen molar-refractivity contribution in [3.8, 4) is 0 Å². The zero-order valence-corrected chi connectivity index (χ0v) is 8.74. The van der Waals surface area contributed by atoms with Crippen LogP contribution in [-0.4, -0.2) is 42.7 Å². The highest BCUT2D eigenvalue weighted by atomic mass is 32.2. The molecule has 1 unspecified atom stereocenters. The van der Waals surface area contributed by atoms with Crippen LogP contribution in [0.5, 0.6) is 0 Å². The van der Waals surface area contributed by atoms with Crippen molar-refractivity contribution in [1.29, 1.82) is 0 Å². The van der Waals surface area contributed by atoms with Crippen molar-refractivity contribution in [3.63, 3.8) is 0 Å². The van der Waals surface area contributed by atoms with Gasteiger partial charge in [0.05, 0.1) is 0 Å². The Labute approximate surface area is 81.0 Å². The number of likely N-dealkylation sites (N-methyl/N-ethyl adjacent to an activating group) is 1. The molecule has 0 aromatic heterocycles. The molecule has 13 heavy (non-hydrogen) atoms. The number of carbonyl (C=O) groups excluding carboxylic acids is 1. The van der Waals surface area contributed by atoms with Gasteiger partial charge < -0.3 is 0 Å². The molecule has 2 saturated heterocycles. The number of hydrogen-bond donors (Lipinski definition) is 1. The normalized spacial score (nSPS) is 37.6. The van der Waals surface area contributed by atoms with Crippen LogP contribution in [0.1, 0.15) is 6.42 Å². The summed E-state index contributed by atoms with van der Waals surface area (Å²) in [6.07, 6.45) is 0.597. The Morgan fingerprint density at radius 3 is 2.69 bits per heavy atom. The molecule has 1 N–H and O–H groups in total. The Morgan fingerprint density at radius 1 is 1.62 bits per heavy atom. The third kappa shape index (κ3) is 1.18. The maximum atomic E-state index is 11.6. The van der Waals surface area contributed by atoms with Crippen LogP contribution in [0.2, 0.25) is 0 Å². The minimum atomic E-state index is -3.55. The van der Waals surface area contributed by atoms with Crippen LogP contribution in [0.25, 0.3) is 0 Å². The molecule has 7 heteroatoms. The van der Waals surface area contributed by atoms with Gasteiger partial charge in [0, 0.05) is 12.8 Å². The van der Waals surface area contributed by atoms with Crippen LogP contribution in [0.4, 0.5) is 0 Å². The fourth-order valence-corrected chi connectivity index (χ4v) is 4.29. The summed E-state index contributed by atoms with van der Waals surface area (Å²) in [5.74, 6) is 1.06. The van der Waals surface area contributed by atoms with E-state index in [1.165, 1.54) is 7.05 Å². The Morgan fingerprint density at radius 2 is 2.31 bits per heavy atom. The second kappa shape index (κ2) is 2.61. The Balaban J connectivity index is 2.41. The van der Waals surface area contributed by atoms with Crippen molar-refractivity contribution in [2.24, 2.45) is 0 Å². The van der Waals surface area contributed by atoms with Gasteiger partial charge in [-0.05, 0) is 12.2 Å². The Hall–Kier alpha value is -0.270. The van der Waals surface area contributed by atoms with Crippen LogP contribution in [0.15, 0.2) is 0 Å². The average Bonchev–Trinajstić information content (AvgIpc) is 2.55. The quantitative estimate of drug-likeness (QED) is 0.581. The van der Waals surface area contributed by atoms with Gasteiger partial charge in [0.2, 0.25) is 0 Å². The average molecular weight is 222 g/mol. The number of nitrogens with one attached hydrogen (secondary N) is 1. The maximum Gasteiger partial charge on any atom is 0.304 e. The number of hydrogen-bond acceptors (Lipinski definition) is 4. The predicted molar refractivity (Wildman–Crippen MR) is 49.5 cm³/mol. The van der Waals surface area contributed by atoms with E-state index >= 15 is 0 Å². The third-order valence-corrected chi connectivity index (χ3v) is 5.13. The summed E-state index contributed by atoms with van der Waals surface area (Å²) in [6, 6.07) is 0. The monoisotopic (exact) mass is 222 g/mol. The topological polar surface area (TPSA) is 66.5 Å². The van der Waals surface area contributed by atoms with Crippen molar-refractivity contribution < 1.29 is 13.2 Å². The fraction of sp³-hybridized carbons (Fsp3) is 0.833. The van der Waals surface area contributed by atoms with Gasteiger partial charge in [0.25, 0.3) is 5.91 Å². The first kappa shape index (κ1) is 9.29. The van der Waals surface area contributed by atoms with E-state index < -0.39 is 15.7 Å². The van der Waals surface area contributed by atoms with Crippen LogP contribution >= 0.6 is 11.8 Å². The van der Waals surface area contributed by atoms with Gasteiger partial charge in [-0.2, -0.15) is 24.9 Å². The van der Waals surface area contributed by atoms with E-state index in [2.05, 4.69) is 4.72 Å². The summed E-state index contributed by atoms with van der Waals surface area (Å²) >= 11 is 1.60. The molecule has 0 saturated carbocycles. The van der Waals surface area contributed by atoms with Crippen molar-refractivity contribution >= 4 is 27.9 Å². The molecule has 2 fully saturated rings. The van der Waals surface area contributed by atoms with Crippen LogP contribution in [0, 0.1) is 0 Å². The standard InChI is InChI=1S/C6H10N2O3S2/c1-8-5(9)6(2-3-12-4-6)7-13(8,10)11/h7H,2-4H2,1H3. The highest BCUT2D eigenvalue weighted by Crippen LogP contribution is 2.34. The molecule has 74 valence electrons. The van der Waals surface area contributed by atoms with E-state index in [4.69, 9.17) is 0 Å². The first-order valence-corrected chi connectivity index (χ1v) is 6.47. The van der Waals surface area contributed by atoms with E-state index in [0.717, 1.165) is 10.1 Å². The first-order valence-electron chi connectivity index (χ1n) is 3.88. The lowest BCUT2D eigenvalue weighted by molar-refractivity contribution is -0.129. The lowest BCUT2D eigenvalue weighted by Gasteiger charge is -2.16. The summed E-state index contributed by atoms with van der Waals surface area (Å²) in [4.78, 5) is 11.6. The molecule has 0 aliphatic carbocycles. The summed E-state index contributed by atoms with van der Waals surface area (Å²) < 4.78 is 25.9. The molecule has 2 heterocycles. The summed E-state index contributed by atoms with van der Waals surface area (Å²) in [6.45, 7) is 0. The maximum absolute atomic E-state index is 11.6. The van der Waals surface area contributed by atoms with Crippen LogP contribution in [-0.2, 0) is 15.0 Å². The second-order valence-electron chi connectivity index (χ2n) is 3.26. The molecule has 1 amide bonds. The predicted octanol–water partition coefficient (Wildman–Crippen LogP) is -0.832. The number of carbonyl (C=O) groups is 1. The Bertz CT molecular complexity index is 345. The number of nitrogens with zero attached hydrogens (tertiary/aromatic N) is 1. The van der Waals surface area contributed by atoms with Gasteiger partial charge >= 0.3 is 10.2 Å². The Kier molecular flexibility index (Phi) is 1.87. The van der Waals surface area contributed by atoms with E-state index in [-0.39, 0.29) is 5.91 Å². The van der Waals surface area contributed by atoms with Gasteiger partial charge in [-0.15, -0.1) is 0 Å². The molecular weight excluding hydrogens is 212 g/mol. The summed E-state index contributed by atoms with van der Waals surface area (Å²) in [7, 11) is -2.25. The summed E-state index contributed by atoms with van der Waals surface area (Å²) in [5.41, 5.74) is -0.835. The van der Waals surface area contributed by atoms with Gasteiger partial charge in [0.15, 0.2) is 0 Å². The molecule has 0 aromatic carbocycles. The number of amides is 1. The molecule has 0 radical (unpaired) electrons. The molecular formula is C6H10N2O3S2. The minimum Gasteiger partial charge on any atom is -0.272 e. The molecule has 2 rings (SSSR count). The second-order valence-corrected chi connectivity index (χ2v) is 6.07. The van der Waals surface area contributed by atoms with Gasteiger partial charge in [-0.25, -0.2) is 4.31 Å². The largest absolute Gasteiger partial charge is 0.304 e. The smallest absolute Gasteiger partial charge is 0.272 e. The molecule has 2 aliphatic heterocycles. The fourth-order valence-electron chi connectivity index (χ4n) is 1.58. The van der Waals surface area contributed by atoms with Crippen molar-refractivity contribution in [2.45, 2.75) is 12.0 Å². The zero-order chi connectivity index (χ0) is 9.69.